The van der Waals surface area contributed by atoms with Gasteiger partial charge in [0.2, 0.25) is 0 Å². The van der Waals surface area contributed by atoms with Gasteiger partial charge in [0, 0.05) is 18.8 Å². The van der Waals surface area contributed by atoms with E-state index in [0.29, 0.717) is 0 Å². The van der Waals surface area contributed by atoms with Gasteiger partial charge in [0.15, 0.2) is 0 Å². The van der Waals surface area contributed by atoms with Gasteiger partial charge in [0.05, 0.1) is 0 Å². The summed E-state index contributed by atoms with van der Waals surface area (Å²) in [5, 5.41) is 6.98. The Hall–Kier alpha value is -1.02. The smallest absolute Gasteiger partial charge is 0.0373 e. The first-order valence-electron chi connectivity index (χ1n) is 6.98. The molecule has 0 atom stereocenters. The van der Waals surface area contributed by atoms with Gasteiger partial charge < -0.3 is 10.6 Å². The molecule has 0 spiro atoms. The van der Waals surface area contributed by atoms with Gasteiger partial charge in [-0.1, -0.05) is 31.4 Å². The molecule has 2 nitrogen and oxygen atoms in total. The van der Waals surface area contributed by atoms with Crippen molar-refractivity contribution in [2.75, 3.05) is 18.4 Å². The molecule has 2 N–H and O–H groups in total. The Morgan fingerprint density at radius 1 is 1.29 bits per heavy atom. The summed E-state index contributed by atoms with van der Waals surface area (Å²) in [6.45, 7) is 3.31. The minimum atomic E-state index is 1.02. The third-order valence-corrected chi connectivity index (χ3v) is 4.16. The monoisotopic (exact) mass is 230 g/mol. The van der Waals surface area contributed by atoms with E-state index in [0.717, 1.165) is 19.0 Å². The molecule has 1 heterocycles. The molecule has 0 amide bonds. The highest BCUT2D eigenvalue weighted by Gasteiger charge is 2.16. The average molecular weight is 230 g/mol. The SMILES string of the molecule is c1cc2c(cc1CNCCC1CCC1)CCN2. The van der Waals surface area contributed by atoms with Crippen LogP contribution < -0.4 is 10.6 Å². The van der Waals surface area contributed by atoms with Crippen LogP contribution >= 0.6 is 0 Å². The van der Waals surface area contributed by atoms with E-state index in [9.17, 15) is 0 Å². The third kappa shape index (κ3) is 2.63. The lowest BCUT2D eigenvalue weighted by molar-refractivity contribution is 0.292. The molecule has 1 aromatic carbocycles. The van der Waals surface area contributed by atoms with Gasteiger partial charge in [-0.05, 0) is 42.5 Å². The van der Waals surface area contributed by atoms with Crippen LogP contribution in [0.2, 0.25) is 0 Å². The summed E-state index contributed by atoms with van der Waals surface area (Å²) in [4.78, 5) is 0. The molecule has 1 aliphatic heterocycles. The highest BCUT2D eigenvalue weighted by atomic mass is 14.9. The van der Waals surface area contributed by atoms with E-state index in [-0.39, 0.29) is 0 Å². The van der Waals surface area contributed by atoms with Gasteiger partial charge in [-0.3, -0.25) is 0 Å². The predicted octanol–water partition coefficient (Wildman–Crippen LogP) is 2.93. The van der Waals surface area contributed by atoms with Crippen LogP contribution in [-0.2, 0) is 13.0 Å². The van der Waals surface area contributed by atoms with E-state index >= 15 is 0 Å². The molecular weight excluding hydrogens is 208 g/mol. The molecule has 17 heavy (non-hydrogen) atoms. The van der Waals surface area contributed by atoms with Crippen LogP contribution in [-0.4, -0.2) is 13.1 Å². The highest BCUT2D eigenvalue weighted by molar-refractivity contribution is 5.56. The number of fused-ring (bicyclic) bond motifs is 1. The van der Waals surface area contributed by atoms with E-state index < -0.39 is 0 Å². The van der Waals surface area contributed by atoms with Crippen molar-refractivity contribution in [2.45, 2.75) is 38.6 Å². The van der Waals surface area contributed by atoms with E-state index in [1.54, 1.807) is 0 Å². The van der Waals surface area contributed by atoms with E-state index in [2.05, 4.69) is 28.8 Å². The summed E-state index contributed by atoms with van der Waals surface area (Å²) in [6.07, 6.45) is 6.94. The standard InChI is InChI=1S/C15H22N2/c1-2-12(3-1)6-8-16-11-13-4-5-15-14(10-13)7-9-17-15/h4-5,10,12,16-17H,1-3,6-9,11H2. The Morgan fingerprint density at radius 3 is 3.06 bits per heavy atom. The van der Waals surface area contributed by atoms with Gasteiger partial charge in [-0.15, -0.1) is 0 Å². The number of nitrogens with one attached hydrogen (secondary N) is 2. The lowest BCUT2D eigenvalue weighted by Gasteiger charge is -2.25. The molecule has 2 heteroatoms. The summed E-state index contributed by atoms with van der Waals surface area (Å²) in [6, 6.07) is 6.82. The summed E-state index contributed by atoms with van der Waals surface area (Å²) >= 11 is 0. The molecule has 2 aliphatic rings. The number of hydrogen-bond acceptors (Lipinski definition) is 2. The van der Waals surface area contributed by atoms with Crippen molar-refractivity contribution in [1.82, 2.24) is 5.32 Å². The molecule has 1 aliphatic carbocycles. The fourth-order valence-electron chi connectivity index (χ4n) is 2.79. The Morgan fingerprint density at radius 2 is 2.24 bits per heavy atom. The minimum Gasteiger partial charge on any atom is -0.384 e. The van der Waals surface area contributed by atoms with Crippen molar-refractivity contribution >= 4 is 5.69 Å². The number of rotatable bonds is 5. The molecule has 3 rings (SSSR count). The Labute approximate surface area is 104 Å². The van der Waals surface area contributed by atoms with Crippen LogP contribution in [0.25, 0.3) is 0 Å². The molecule has 0 unspecified atom stereocenters. The molecule has 92 valence electrons. The van der Waals surface area contributed by atoms with E-state index in [1.165, 1.54) is 55.5 Å². The topological polar surface area (TPSA) is 24.1 Å². The number of benzene rings is 1. The van der Waals surface area contributed by atoms with Gasteiger partial charge in [-0.2, -0.15) is 0 Å². The second-order valence-electron chi connectivity index (χ2n) is 5.43. The molecule has 1 aromatic rings. The maximum atomic E-state index is 3.57. The van der Waals surface area contributed by atoms with E-state index in [1.807, 2.05) is 0 Å². The minimum absolute atomic E-state index is 1.02. The van der Waals surface area contributed by atoms with Crippen molar-refractivity contribution in [2.24, 2.45) is 5.92 Å². The summed E-state index contributed by atoms with van der Waals surface area (Å²) < 4.78 is 0. The van der Waals surface area contributed by atoms with Crippen molar-refractivity contribution in [1.29, 1.82) is 0 Å². The molecular formula is C15H22N2. The zero-order valence-corrected chi connectivity index (χ0v) is 10.5. The fraction of sp³-hybridized carbons (Fsp3) is 0.600. The van der Waals surface area contributed by atoms with Crippen molar-refractivity contribution < 1.29 is 0 Å². The normalized spacial score (nSPS) is 18.6. The second-order valence-corrected chi connectivity index (χ2v) is 5.43. The lowest BCUT2D eigenvalue weighted by atomic mass is 9.83. The zero-order valence-electron chi connectivity index (χ0n) is 10.5. The summed E-state index contributed by atoms with van der Waals surface area (Å²) in [7, 11) is 0. The zero-order chi connectivity index (χ0) is 11.5. The average Bonchev–Trinajstić information content (AvgIpc) is 2.73. The first-order chi connectivity index (χ1) is 8.42. The predicted molar refractivity (Wildman–Crippen MR) is 72.3 cm³/mol. The van der Waals surface area contributed by atoms with Gasteiger partial charge >= 0.3 is 0 Å². The summed E-state index contributed by atoms with van der Waals surface area (Å²) in [5.41, 5.74) is 4.26. The Bertz CT molecular complexity index is 383. The highest BCUT2D eigenvalue weighted by Crippen LogP contribution is 2.28. The van der Waals surface area contributed by atoms with Crippen molar-refractivity contribution in [3.63, 3.8) is 0 Å². The van der Waals surface area contributed by atoms with Crippen LogP contribution in [0, 0.1) is 5.92 Å². The maximum absolute atomic E-state index is 3.57. The Balaban J connectivity index is 1.44. The molecule has 0 aromatic heterocycles. The lowest BCUT2D eigenvalue weighted by Crippen LogP contribution is -2.21. The molecule has 1 saturated carbocycles. The number of hydrogen-bond donors (Lipinski definition) is 2. The Kier molecular flexibility index (Phi) is 3.32. The first kappa shape index (κ1) is 11.1. The quantitative estimate of drug-likeness (QED) is 0.760. The molecule has 0 saturated heterocycles. The summed E-state index contributed by atoms with van der Waals surface area (Å²) in [5.74, 6) is 1.02. The fourth-order valence-corrected chi connectivity index (χ4v) is 2.79. The van der Waals surface area contributed by atoms with E-state index in [4.69, 9.17) is 0 Å². The maximum Gasteiger partial charge on any atom is 0.0373 e. The van der Waals surface area contributed by atoms with Gasteiger partial charge in [-0.25, -0.2) is 0 Å². The number of anilines is 1. The van der Waals surface area contributed by atoms with Gasteiger partial charge in [0.1, 0.15) is 0 Å². The van der Waals surface area contributed by atoms with Crippen molar-refractivity contribution in [3.05, 3.63) is 29.3 Å². The van der Waals surface area contributed by atoms with Crippen LogP contribution in [0.4, 0.5) is 5.69 Å². The van der Waals surface area contributed by atoms with Gasteiger partial charge in [0.25, 0.3) is 0 Å². The van der Waals surface area contributed by atoms with Crippen LogP contribution in [0.1, 0.15) is 36.8 Å². The van der Waals surface area contributed by atoms with Crippen molar-refractivity contribution in [3.8, 4) is 0 Å². The second kappa shape index (κ2) is 5.09. The van der Waals surface area contributed by atoms with Crippen LogP contribution in [0.5, 0.6) is 0 Å². The first-order valence-corrected chi connectivity index (χ1v) is 6.98. The molecule has 0 bridgehead atoms. The third-order valence-electron chi connectivity index (χ3n) is 4.16. The largest absolute Gasteiger partial charge is 0.384 e. The molecule has 0 radical (unpaired) electrons. The van der Waals surface area contributed by atoms with Crippen LogP contribution in [0.3, 0.4) is 0 Å². The van der Waals surface area contributed by atoms with Crippen LogP contribution in [0.15, 0.2) is 18.2 Å². The molecule has 1 fully saturated rings.